The van der Waals surface area contributed by atoms with Gasteiger partial charge in [-0.2, -0.15) is 0 Å². The molecule has 0 bridgehead atoms. The number of thioether (sulfide) groups is 1. The second-order valence-corrected chi connectivity index (χ2v) is 7.30. The summed E-state index contributed by atoms with van der Waals surface area (Å²) < 4.78 is 6.83. The first-order chi connectivity index (χ1) is 14.0. The van der Waals surface area contributed by atoms with Crippen LogP contribution in [-0.2, 0) is 11.8 Å². The molecule has 2 N–H and O–H groups in total. The average Bonchev–Trinajstić information content (AvgIpc) is 3.11. The van der Waals surface area contributed by atoms with Gasteiger partial charge >= 0.3 is 0 Å². The molecular weight excluding hydrogens is 414 g/mol. The van der Waals surface area contributed by atoms with Gasteiger partial charge in [0, 0.05) is 24.0 Å². The minimum atomic E-state index is -0.323. The summed E-state index contributed by atoms with van der Waals surface area (Å²) in [6.07, 6.45) is 1.57. The molecule has 2 amide bonds. The molecule has 3 aromatic rings. The number of aromatic nitrogens is 3. The lowest BCUT2D eigenvalue weighted by atomic mass is 10.2. The molecule has 1 heterocycles. The Kier molecular flexibility index (Phi) is 6.73. The van der Waals surface area contributed by atoms with Crippen molar-refractivity contribution in [1.29, 1.82) is 0 Å². The fraction of sp³-hybridized carbons (Fsp3) is 0.158. The highest BCUT2D eigenvalue weighted by Crippen LogP contribution is 2.27. The largest absolute Gasteiger partial charge is 0.495 e. The SMILES string of the molecule is COc1ccc(NC(=O)c2cccc(NC(=O)CSc3nncn3C)c2)cc1Cl. The Hall–Kier alpha value is -3.04. The van der Waals surface area contributed by atoms with Crippen LogP contribution in [0.2, 0.25) is 5.02 Å². The van der Waals surface area contributed by atoms with E-state index in [4.69, 9.17) is 16.3 Å². The minimum absolute atomic E-state index is 0.174. The molecule has 0 spiro atoms. The maximum absolute atomic E-state index is 12.5. The molecule has 2 aromatic carbocycles. The summed E-state index contributed by atoms with van der Waals surface area (Å²) in [6, 6.07) is 11.6. The lowest BCUT2D eigenvalue weighted by Gasteiger charge is -2.10. The van der Waals surface area contributed by atoms with Gasteiger partial charge in [-0.3, -0.25) is 9.59 Å². The van der Waals surface area contributed by atoms with Crippen molar-refractivity contribution in [2.45, 2.75) is 5.16 Å². The van der Waals surface area contributed by atoms with Crippen LogP contribution in [0.25, 0.3) is 0 Å². The number of rotatable bonds is 7. The van der Waals surface area contributed by atoms with Gasteiger partial charge in [-0.15, -0.1) is 10.2 Å². The zero-order valence-electron chi connectivity index (χ0n) is 15.7. The number of hydrogen-bond donors (Lipinski definition) is 2. The van der Waals surface area contributed by atoms with Gasteiger partial charge in [-0.25, -0.2) is 0 Å². The fourth-order valence-corrected chi connectivity index (χ4v) is 3.36. The first-order valence-corrected chi connectivity index (χ1v) is 9.84. The highest BCUT2D eigenvalue weighted by Gasteiger charge is 2.11. The molecule has 0 saturated carbocycles. The van der Waals surface area contributed by atoms with E-state index < -0.39 is 0 Å². The maximum Gasteiger partial charge on any atom is 0.255 e. The van der Waals surface area contributed by atoms with E-state index in [1.807, 2.05) is 0 Å². The van der Waals surface area contributed by atoms with Crippen LogP contribution in [0.15, 0.2) is 53.9 Å². The lowest BCUT2D eigenvalue weighted by molar-refractivity contribution is -0.113. The van der Waals surface area contributed by atoms with Gasteiger partial charge in [0.1, 0.15) is 12.1 Å². The van der Waals surface area contributed by atoms with Gasteiger partial charge in [0.15, 0.2) is 5.16 Å². The number of nitrogens with one attached hydrogen (secondary N) is 2. The van der Waals surface area contributed by atoms with Gasteiger partial charge < -0.3 is 19.9 Å². The van der Waals surface area contributed by atoms with Crippen molar-refractivity contribution < 1.29 is 14.3 Å². The normalized spacial score (nSPS) is 10.4. The Morgan fingerprint density at radius 1 is 1.17 bits per heavy atom. The molecular formula is C19H18ClN5O3S. The van der Waals surface area contributed by atoms with Crippen LogP contribution in [0.3, 0.4) is 0 Å². The van der Waals surface area contributed by atoms with E-state index in [2.05, 4.69) is 20.8 Å². The number of aryl methyl sites for hydroxylation is 1. The molecule has 0 aliphatic heterocycles. The Morgan fingerprint density at radius 3 is 2.66 bits per heavy atom. The third kappa shape index (κ3) is 5.49. The van der Waals surface area contributed by atoms with Crippen molar-refractivity contribution in [3.63, 3.8) is 0 Å². The highest BCUT2D eigenvalue weighted by atomic mass is 35.5. The summed E-state index contributed by atoms with van der Waals surface area (Å²) in [5.41, 5.74) is 1.46. The van der Waals surface area contributed by atoms with Gasteiger partial charge in [0.25, 0.3) is 5.91 Å². The van der Waals surface area contributed by atoms with E-state index in [0.29, 0.717) is 32.9 Å². The molecule has 0 saturated heterocycles. The molecule has 10 heteroatoms. The summed E-state index contributed by atoms with van der Waals surface area (Å²) in [5, 5.41) is 14.3. The van der Waals surface area contributed by atoms with Gasteiger partial charge in [0.2, 0.25) is 5.91 Å². The molecule has 0 radical (unpaired) electrons. The predicted molar refractivity (Wildman–Crippen MR) is 113 cm³/mol. The van der Waals surface area contributed by atoms with Crippen LogP contribution in [0.1, 0.15) is 10.4 Å². The number of carbonyl (C=O) groups excluding carboxylic acids is 2. The minimum Gasteiger partial charge on any atom is -0.495 e. The average molecular weight is 432 g/mol. The van der Waals surface area contributed by atoms with Gasteiger partial charge in [-0.1, -0.05) is 29.4 Å². The van der Waals surface area contributed by atoms with Crippen molar-refractivity contribution in [3.05, 3.63) is 59.4 Å². The van der Waals surface area contributed by atoms with E-state index >= 15 is 0 Å². The number of halogens is 1. The zero-order chi connectivity index (χ0) is 20.8. The summed E-state index contributed by atoms with van der Waals surface area (Å²) in [5.74, 6) is 0.162. The third-order valence-corrected chi connectivity index (χ3v) is 5.15. The quantitative estimate of drug-likeness (QED) is 0.556. The second kappa shape index (κ2) is 9.44. The van der Waals surface area contributed by atoms with E-state index in [-0.39, 0.29) is 17.6 Å². The number of amides is 2. The molecule has 8 nitrogen and oxygen atoms in total. The Bertz CT molecular complexity index is 1040. The van der Waals surface area contributed by atoms with Crippen LogP contribution in [0, 0.1) is 0 Å². The van der Waals surface area contributed by atoms with Crippen LogP contribution < -0.4 is 15.4 Å². The number of carbonyl (C=O) groups is 2. The Balaban J connectivity index is 1.61. The molecule has 150 valence electrons. The number of anilines is 2. The van der Waals surface area contributed by atoms with Crippen molar-refractivity contribution in [2.75, 3.05) is 23.5 Å². The molecule has 0 aliphatic rings. The topological polar surface area (TPSA) is 98.1 Å². The number of nitrogens with zero attached hydrogens (tertiary/aromatic N) is 3. The van der Waals surface area contributed by atoms with Gasteiger partial charge in [0.05, 0.1) is 17.9 Å². The van der Waals surface area contributed by atoms with E-state index in [1.54, 1.807) is 60.4 Å². The Labute approximate surface area is 176 Å². The first-order valence-electron chi connectivity index (χ1n) is 8.48. The maximum atomic E-state index is 12.5. The van der Waals surface area contributed by atoms with Crippen molar-refractivity contribution >= 4 is 46.6 Å². The highest BCUT2D eigenvalue weighted by molar-refractivity contribution is 7.99. The third-order valence-electron chi connectivity index (χ3n) is 3.82. The lowest BCUT2D eigenvalue weighted by Crippen LogP contribution is -2.16. The smallest absolute Gasteiger partial charge is 0.255 e. The van der Waals surface area contributed by atoms with Crippen LogP contribution in [-0.4, -0.2) is 39.4 Å². The van der Waals surface area contributed by atoms with Gasteiger partial charge in [-0.05, 0) is 36.4 Å². The van der Waals surface area contributed by atoms with Crippen LogP contribution in [0.4, 0.5) is 11.4 Å². The molecule has 0 atom stereocenters. The van der Waals surface area contributed by atoms with Crippen molar-refractivity contribution in [2.24, 2.45) is 7.05 Å². The fourth-order valence-electron chi connectivity index (χ4n) is 2.42. The first kappa shape index (κ1) is 20.7. The predicted octanol–water partition coefficient (Wildman–Crippen LogP) is 3.46. The standard InChI is InChI=1S/C19H18ClN5O3S/c1-25-11-21-24-19(25)29-10-17(26)22-13-5-3-4-12(8-13)18(27)23-14-6-7-16(28-2)15(20)9-14/h3-9,11H,10H2,1-2H3,(H,22,26)(H,23,27). The zero-order valence-corrected chi connectivity index (χ0v) is 17.3. The summed E-state index contributed by atoms with van der Waals surface area (Å²) in [4.78, 5) is 24.7. The number of ether oxygens (including phenoxy) is 1. The van der Waals surface area contributed by atoms with Crippen LogP contribution >= 0.6 is 23.4 Å². The number of methoxy groups -OCH3 is 1. The molecule has 0 unspecified atom stereocenters. The summed E-state index contributed by atoms with van der Waals surface area (Å²) in [7, 11) is 3.32. The van der Waals surface area contributed by atoms with Crippen LogP contribution in [0.5, 0.6) is 5.75 Å². The molecule has 3 rings (SSSR count). The molecule has 1 aromatic heterocycles. The molecule has 29 heavy (non-hydrogen) atoms. The summed E-state index contributed by atoms with van der Waals surface area (Å²) in [6.45, 7) is 0. The molecule has 0 aliphatic carbocycles. The molecule has 0 fully saturated rings. The Morgan fingerprint density at radius 2 is 1.97 bits per heavy atom. The number of hydrogen-bond acceptors (Lipinski definition) is 6. The number of benzene rings is 2. The van der Waals surface area contributed by atoms with E-state index in [9.17, 15) is 9.59 Å². The second-order valence-electron chi connectivity index (χ2n) is 5.95. The van der Waals surface area contributed by atoms with Crippen molar-refractivity contribution in [3.8, 4) is 5.75 Å². The van der Waals surface area contributed by atoms with E-state index in [0.717, 1.165) is 0 Å². The monoisotopic (exact) mass is 431 g/mol. The van der Waals surface area contributed by atoms with Crippen molar-refractivity contribution in [1.82, 2.24) is 14.8 Å². The summed E-state index contributed by atoms with van der Waals surface area (Å²) >= 11 is 7.36. The van der Waals surface area contributed by atoms with E-state index in [1.165, 1.54) is 18.9 Å².